The first kappa shape index (κ1) is 24.5. The molecular formula is C23H34Cl2Zr. The van der Waals surface area contributed by atoms with Crippen LogP contribution < -0.4 is 24.8 Å². The Bertz CT molecular complexity index is 654. The fourth-order valence-corrected chi connectivity index (χ4v) is 9.47. The van der Waals surface area contributed by atoms with Gasteiger partial charge in [0.2, 0.25) is 0 Å². The fourth-order valence-electron chi connectivity index (χ4n) is 4.82. The van der Waals surface area contributed by atoms with Gasteiger partial charge in [-0.3, -0.25) is 0 Å². The molecule has 0 nitrogen and oxygen atoms in total. The maximum absolute atomic E-state index is 2.62. The van der Waals surface area contributed by atoms with Gasteiger partial charge >= 0.3 is 162 Å². The first-order chi connectivity index (χ1) is 11.3. The molecule has 0 spiro atoms. The SMILES string of the molecule is CC1=[C]([Zr+2][C]2=C(C)C(C)=C(C)C2(C)C)C(C2CCCCCC2)=CC1.[Cl-].[Cl-]. The average Bonchev–Trinajstić information content (AvgIpc) is 2.83. The second kappa shape index (κ2) is 9.76. The van der Waals surface area contributed by atoms with E-state index >= 15 is 0 Å². The van der Waals surface area contributed by atoms with E-state index in [2.05, 4.69) is 47.6 Å². The zero-order chi connectivity index (χ0) is 17.5. The first-order valence-corrected chi connectivity index (χ1v) is 12.4. The predicted molar refractivity (Wildman–Crippen MR) is 101 cm³/mol. The summed E-state index contributed by atoms with van der Waals surface area (Å²) >= 11 is -0.697. The van der Waals surface area contributed by atoms with Crippen molar-refractivity contribution in [2.75, 3.05) is 0 Å². The summed E-state index contributed by atoms with van der Waals surface area (Å²) in [5.41, 5.74) is 8.65. The summed E-state index contributed by atoms with van der Waals surface area (Å²) < 4.78 is 3.72. The topological polar surface area (TPSA) is 0 Å². The minimum Gasteiger partial charge on any atom is -1.00 e. The first-order valence-electron chi connectivity index (χ1n) is 9.91. The van der Waals surface area contributed by atoms with Gasteiger partial charge in [0.15, 0.2) is 0 Å². The van der Waals surface area contributed by atoms with Gasteiger partial charge in [-0.25, -0.2) is 0 Å². The maximum atomic E-state index is 2.62. The minimum absolute atomic E-state index is 0. The van der Waals surface area contributed by atoms with Crippen LogP contribution in [0.5, 0.6) is 0 Å². The van der Waals surface area contributed by atoms with Crippen LogP contribution in [0, 0.1) is 11.3 Å². The molecule has 0 radical (unpaired) electrons. The van der Waals surface area contributed by atoms with E-state index in [1.165, 1.54) is 44.9 Å². The molecule has 0 aromatic rings. The van der Waals surface area contributed by atoms with Gasteiger partial charge in [0.25, 0.3) is 0 Å². The van der Waals surface area contributed by atoms with Crippen LogP contribution in [-0.4, -0.2) is 0 Å². The number of rotatable bonds is 3. The van der Waals surface area contributed by atoms with Gasteiger partial charge in [-0.05, 0) is 0 Å². The number of allylic oxidation sites excluding steroid dienone is 8. The van der Waals surface area contributed by atoms with Gasteiger partial charge in [-0.1, -0.05) is 0 Å². The molecule has 0 N–H and O–H groups in total. The summed E-state index contributed by atoms with van der Waals surface area (Å²) in [6, 6.07) is 0. The summed E-state index contributed by atoms with van der Waals surface area (Å²) in [5.74, 6) is 0.876. The van der Waals surface area contributed by atoms with Crippen LogP contribution in [0.15, 0.2) is 40.5 Å². The molecule has 3 aliphatic rings. The van der Waals surface area contributed by atoms with Crippen molar-refractivity contribution in [1.29, 1.82) is 0 Å². The second-order valence-electron chi connectivity index (χ2n) is 8.71. The Kier molecular flexibility index (Phi) is 9.18. The van der Waals surface area contributed by atoms with Gasteiger partial charge < -0.3 is 24.8 Å². The molecule has 26 heavy (non-hydrogen) atoms. The Morgan fingerprint density at radius 3 is 1.96 bits per heavy atom. The van der Waals surface area contributed by atoms with Crippen molar-refractivity contribution in [3.63, 3.8) is 0 Å². The van der Waals surface area contributed by atoms with E-state index in [-0.39, 0.29) is 24.8 Å². The average molecular weight is 473 g/mol. The molecule has 0 atom stereocenters. The third-order valence-corrected chi connectivity index (χ3v) is 12.4. The van der Waals surface area contributed by atoms with Gasteiger partial charge in [0, 0.05) is 0 Å². The van der Waals surface area contributed by atoms with Crippen LogP contribution in [0.3, 0.4) is 0 Å². The Hall–Kier alpha value is 0.423. The summed E-state index contributed by atoms with van der Waals surface area (Å²) in [6.07, 6.45) is 12.6. The summed E-state index contributed by atoms with van der Waals surface area (Å²) in [5, 5.41) is 0. The quantitative estimate of drug-likeness (QED) is 0.544. The fraction of sp³-hybridized carbons (Fsp3) is 0.652. The zero-order valence-corrected chi connectivity index (χ0v) is 21.3. The van der Waals surface area contributed by atoms with E-state index < -0.39 is 23.2 Å². The molecule has 3 heteroatoms. The number of hydrogen-bond donors (Lipinski definition) is 0. The molecule has 1 saturated carbocycles. The van der Waals surface area contributed by atoms with Crippen LogP contribution in [0.25, 0.3) is 0 Å². The van der Waals surface area contributed by atoms with Crippen LogP contribution in [0.1, 0.15) is 86.5 Å². The van der Waals surface area contributed by atoms with Crippen molar-refractivity contribution in [2.24, 2.45) is 11.3 Å². The van der Waals surface area contributed by atoms with Crippen molar-refractivity contribution in [1.82, 2.24) is 0 Å². The largest absolute Gasteiger partial charge is 1.00 e. The summed E-state index contributed by atoms with van der Waals surface area (Å²) in [6.45, 7) is 14.5. The minimum atomic E-state index is -0.697. The third-order valence-electron chi connectivity index (χ3n) is 6.95. The zero-order valence-electron chi connectivity index (χ0n) is 17.4. The van der Waals surface area contributed by atoms with E-state index in [1.54, 1.807) is 27.9 Å². The molecule has 144 valence electrons. The van der Waals surface area contributed by atoms with Crippen molar-refractivity contribution in [3.8, 4) is 0 Å². The van der Waals surface area contributed by atoms with Crippen LogP contribution in [0.2, 0.25) is 0 Å². The summed E-state index contributed by atoms with van der Waals surface area (Å²) in [4.78, 5) is 0. The normalized spacial score (nSPS) is 23.4. The Balaban J connectivity index is 0.00000169. The molecule has 3 rings (SSSR count). The van der Waals surface area contributed by atoms with Gasteiger partial charge in [-0.15, -0.1) is 0 Å². The Labute approximate surface area is 185 Å². The molecule has 0 unspecified atom stereocenters. The maximum Gasteiger partial charge on any atom is -1.00 e. The van der Waals surface area contributed by atoms with Crippen molar-refractivity contribution in [2.45, 2.75) is 86.5 Å². The Morgan fingerprint density at radius 2 is 1.46 bits per heavy atom. The molecule has 0 heterocycles. The van der Waals surface area contributed by atoms with Gasteiger partial charge in [0.1, 0.15) is 0 Å². The smallest absolute Gasteiger partial charge is 1.00 e. The molecule has 0 aromatic heterocycles. The van der Waals surface area contributed by atoms with Crippen LogP contribution in [-0.2, 0) is 23.2 Å². The van der Waals surface area contributed by atoms with Crippen LogP contribution in [0.4, 0.5) is 0 Å². The monoisotopic (exact) mass is 470 g/mol. The summed E-state index contributed by atoms with van der Waals surface area (Å²) in [7, 11) is 0. The molecule has 0 amide bonds. The molecule has 0 bridgehead atoms. The number of halogens is 2. The standard InChI is InChI=1S/C13H19.C10H15.2ClH.Zr/c1-11-8-9-13(10-11)12-6-4-2-3-5-7-12;1-7-6-10(4,5)9(3)8(7)2;;;/h9,12H,2-8H2,1H3;1-5H3;2*1H;/q;;;;+2/p-2. The van der Waals surface area contributed by atoms with Gasteiger partial charge in [0.05, 0.1) is 0 Å². The molecule has 0 aromatic carbocycles. The van der Waals surface area contributed by atoms with Gasteiger partial charge in [-0.2, -0.15) is 0 Å². The third kappa shape index (κ3) is 4.52. The van der Waals surface area contributed by atoms with E-state index in [0.29, 0.717) is 5.41 Å². The van der Waals surface area contributed by atoms with Crippen molar-refractivity contribution < 1.29 is 48.0 Å². The second-order valence-corrected chi connectivity index (χ2v) is 11.8. The molecule has 0 aliphatic heterocycles. The van der Waals surface area contributed by atoms with Crippen molar-refractivity contribution in [3.05, 3.63) is 40.5 Å². The van der Waals surface area contributed by atoms with E-state index in [1.807, 2.05) is 6.56 Å². The van der Waals surface area contributed by atoms with E-state index in [9.17, 15) is 0 Å². The van der Waals surface area contributed by atoms with Crippen LogP contribution >= 0.6 is 0 Å². The molecular weight excluding hydrogens is 438 g/mol. The van der Waals surface area contributed by atoms with E-state index in [0.717, 1.165) is 5.92 Å². The van der Waals surface area contributed by atoms with E-state index in [4.69, 9.17) is 0 Å². The van der Waals surface area contributed by atoms with Crippen molar-refractivity contribution >= 4 is 0 Å². The molecule has 1 fully saturated rings. The molecule has 0 saturated heterocycles. The predicted octanol–water partition coefficient (Wildman–Crippen LogP) is 1.30. The number of hydrogen-bond acceptors (Lipinski definition) is 0. The molecule has 3 aliphatic carbocycles. The Morgan fingerprint density at radius 1 is 0.885 bits per heavy atom.